The van der Waals surface area contributed by atoms with Crippen molar-refractivity contribution in [3.05, 3.63) is 52.2 Å². The van der Waals surface area contributed by atoms with Gasteiger partial charge in [-0.2, -0.15) is 0 Å². The molecule has 0 aliphatic heterocycles. The second-order valence-electron chi connectivity index (χ2n) is 5.51. The predicted octanol–water partition coefficient (Wildman–Crippen LogP) is 4.64. The third-order valence-corrected chi connectivity index (χ3v) is 3.38. The molecule has 1 aromatic heterocycles. The maximum absolute atomic E-state index is 5.95. The lowest BCUT2D eigenvalue weighted by molar-refractivity contribution is 0.454. The van der Waals surface area contributed by atoms with Gasteiger partial charge in [0.1, 0.15) is 5.75 Å². The summed E-state index contributed by atoms with van der Waals surface area (Å²) < 4.78 is 5.89. The Balaban J connectivity index is 2.13. The number of benzene rings is 1. The first-order valence-electron chi connectivity index (χ1n) is 7.08. The van der Waals surface area contributed by atoms with Crippen molar-refractivity contribution in [1.82, 2.24) is 10.3 Å². The number of halogens is 1. The first kappa shape index (κ1) is 15.8. The Morgan fingerprint density at radius 1 is 1.19 bits per heavy atom. The van der Waals surface area contributed by atoms with Crippen LogP contribution in [0.5, 0.6) is 11.6 Å². The van der Waals surface area contributed by atoms with E-state index in [-0.39, 0.29) is 0 Å². The lowest BCUT2D eigenvalue weighted by Crippen LogP contribution is -2.21. The fourth-order valence-corrected chi connectivity index (χ4v) is 2.20. The smallest absolute Gasteiger partial charge is 0.222 e. The molecule has 0 aliphatic carbocycles. The largest absolute Gasteiger partial charge is 0.438 e. The summed E-state index contributed by atoms with van der Waals surface area (Å²) in [6.07, 6.45) is 1.85. The molecule has 21 heavy (non-hydrogen) atoms. The molecule has 0 saturated heterocycles. The van der Waals surface area contributed by atoms with Crippen LogP contribution in [0.1, 0.15) is 30.5 Å². The number of nitrogens with zero attached hydrogens (tertiary/aromatic N) is 1. The molecular formula is C17H21ClN2O. The van der Waals surface area contributed by atoms with Crippen LogP contribution >= 0.6 is 11.6 Å². The number of aryl methyl sites for hydroxylation is 2. The van der Waals surface area contributed by atoms with Crippen LogP contribution in [0.2, 0.25) is 5.02 Å². The van der Waals surface area contributed by atoms with Crippen LogP contribution in [-0.2, 0) is 6.54 Å². The molecule has 0 radical (unpaired) electrons. The molecule has 0 bridgehead atoms. The molecule has 0 atom stereocenters. The predicted molar refractivity (Wildman–Crippen MR) is 87.2 cm³/mol. The zero-order valence-electron chi connectivity index (χ0n) is 12.9. The van der Waals surface area contributed by atoms with Gasteiger partial charge in [-0.15, -0.1) is 0 Å². The standard InChI is InChI=1S/C17H21ClN2O/c1-11(2)19-9-14-7-13(4)17(20-10-14)21-16-6-5-15(18)8-12(16)3/h5-8,10-11,19H,9H2,1-4H3. The van der Waals surface area contributed by atoms with E-state index in [0.29, 0.717) is 16.9 Å². The summed E-state index contributed by atoms with van der Waals surface area (Å²) in [4.78, 5) is 4.42. The fraction of sp³-hybridized carbons (Fsp3) is 0.353. The highest BCUT2D eigenvalue weighted by atomic mass is 35.5. The summed E-state index contributed by atoms with van der Waals surface area (Å²) in [5, 5.41) is 4.09. The average molecular weight is 305 g/mol. The van der Waals surface area contributed by atoms with Gasteiger partial charge in [-0.05, 0) is 49.2 Å². The molecule has 0 amide bonds. The van der Waals surface area contributed by atoms with Crippen LogP contribution in [0, 0.1) is 13.8 Å². The van der Waals surface area contributed by atoms with Crippen molar-refractivity contribution < 1.29 is 4.74 Å². The van der Waals surface area contributed by atoms with Crippen molar-refractivity contribution in [2.45, 2.75) is 40.3 Å². The van der Waals surface area contributed by atoms with E-state index in [9.17, 15) is 0 Å². The lowest BCUT2D eigenvalue weighted by Gasteiger charge is -2.12. The Bertz CT molecular complexity index is 626. The number of ether oxygens (including phenoxy) is 1. The molecule has 0 aliphatic rings. The van der Waals surface area contributed by atoms with Crippen LogP contribution in [-0.4, -0.2) is 11.0 Å². The maximum Gasteiger partial charge on any atom is 0.222 e. The number of aromatic nitrogens is 1. The van der Waals surface area contributed by atoms with Gasteiger partial charge in [0.2, 0.25) is 5.88 Å². The number of hydrogen-bond acceptors (Lipinski definition) is 3. The van der Waals surface area contributed by atoms with Gasteiger partial charge in [-0.25, -0.2) is 4.98 Å². The summed E-state index contributed by atoms with van der Waals surface area (Å²) in [6, 6.07) is 8.13. The van der Waals surface area contributed by atoms with Crippen LogP contribution in [0.4, 0.5) is 0 Å². The molecule has 1 aromatic carbocycles. The molecule has 0 unspecified atom stereocenters. The Morgan fingerprint density at radius 3 is 2.57 bits per heavy atom. The summed E-state index contributed by atoms with van der Waals surface area (Å²) in [6.45, 7) is 9.04. The van der Waals surface area contributed by atoms with Gasteiger partial charge in [-0.3, -0.25) is 0 Å². The SMILES string of the molecule is Cc1cc(Cl)ccc1Oc1ncc(CNC(C)C)cc1C. The monoisotopic (exact) mass is 304 g/mol. The Labute approximate surface area is 131 Å². The highest BCUT2D eigenvalue weighted by Crippen LogP contribution is 2.28. The van der Waals surface area contributed by atoms with Gasteiger partial charge >= 0.3 is 0 Å². The van der Waals surface area contributed by atoms with E-state index < -0.39 is 0 Å². The van der Waals surface area contributed by atoms with Crippen molar-refractivity contribution in [1.29, 1.82) is 0 Å². The minimum atomic E-state index is 0.456. The van der Waals surface area contributed by atoms with E-state index in [2.05, 4.69) is 30.2 Å². The number of pyridine rings is 1. The van der Waals surface area contributed by atoms with Gasteiger partial charge < -0.3 is 10.1 Å². The highest BCUT2D eigenvalue weighted by Gasteiger charge is 2.07. The average Bonchev–Trinajstić information content (AvgIpc) is 2.42. The van der Waals surface area contributed by atoms with Crippen molar-refractivity contribution in [3.63, 3.8) is 0 Å². The number of hydrogen-bond donors (Lipinski definition) is 1. The summed E-state index contributed by atoms with van der Waals surface area (Å²) in [5.41, 5.74) is 3.17. The number of nitrogens with one attached hydrogen (secondary N) is 1. The Hall–Kier alpha value is -1.58. The molecule has 1 N–H and O–H groups in total. The summed E-state index contributed by atoms with van der Waals surface area (Å²) in [7, 11) is 0. The molecule has 0 fully saturated rings. The van der Waals surface area contributed by atoms with Gasteiger partial charge in [-0.1, -0.05) is 25.4 Å². The van der Waals surface area contributed by atoms with Crippen LogP contribution < -0.4 is 10.1 Å². The van der Waals surface area contributed by atoms with Gasteiger partial charge in [0.25, 0.3) is 0 Å². The molecule has 112 valence electrons. The van der Waals surface area contributed by atoms with E-state index >= 15 is 0 Å². The maximum atomic E-state index is 5.95. The van der Waals surface area contributed by atoms with E-state index in [1.807, 2.05) is 38.2 Å². The van der Waals surface area contributed by atoms with Gasteiger partial charge in [0.15, 0.2) is 0 Å². The number of rotatable bonds is 5. The lowest BCUT2D eigenvalue weighted by atomic mass is 10.2. The van der Waals surface area contributed by atoms with Gasteiger partial charge in [0.05, 0.1) is 0 Å². The molecule has 4 heteroatoms. The highest BCUT2D eigenvalue weighted by molar-refractivity contribution is 6.30. The second kappa shape index (κ2) is 6.92. The van der Waals surface area contributed by atoms with E-state index in [0.717, 1.165) is 29.0 Å². The Morgan fingerprint density at radius 2 is 1.95 bits per heavy atom. The van der Waals surface area contributed by atoms with Crippen molar-refractivity contribution in [3.8, 4) is 11.6 Å². The quantitative estimate of drug-likeness (QED) is 0.873. The topological polar surface area (TPSA) is 34.1 Å². The second-order valence-corrected chi connectivity index (χ2v) is 5.95. The normalized spacial score (nSPS) is 11.0. The fourth-order valence-electron chi connectivity index (χ4n) is 1.98. The third kappa shape index (κ3) is 4.45. The first-order chi connectivity index (χ1) is 9.95. The van der Waals surface area contributed by atoms with Gasteiger partial charge in [0, 0.05) is 29.4 Å². The van der Waals surface area contributed by atoms with E-state index in [1.54, 1.807) is 0 Å². The van der Waals surface area contributed by atoms with E-state index in [4.69, 9.17) is 16.3 Å². The zero-order valence-corrected chi connectivity index (χ0v) is 13.7. The zero-order chi connectivity index (χ0) is 15.4. The third-order valence-electron chi connectivity index (χ3n) is 3.14. The van der Waals surface area contributed by atoms with Crippen molar-refractivity contribution >= 4 is 11.6 Å². The molecule has 0 spiro atoms. The first-order valence-corrected chi connectivity index (χ1v) is 7.46. The molecule has 1 heterocycles. The van der Waals surface area contributed by atoms with Crippen LogP contribution in [0.15, 0.2) is 30.5 Å². The van der Waals surface area contributed by atoms with Crippen molar-refractivity contribution in [2.75, 3.05) is 0 Å². The summed E-state index contributed by atoms with van der Waals surface area (Å²) >= 11 is 5.95. The van der Waals surface area contributed by atoms with Crippen LogP contribution in [0.25, 0.3) is 0 Å². The Kier molecular flexibility index (Phi) is 5.21. The van der Waals surface area contributed by atoms with Crippen molar-refractivity contribution in [2.24, 2.45) is 0 Å². The van der Waals surface area contributed by atoms with Crippen LogP contribution in [0.3, 0.4) is 0 Å². The molecule has 3 nitrogen and oxygen atoms in total. The molecular weight excluding hydrogens is 284 g/mol. The molecule has 2 aromatic rings. The minimum Gasteiger partial charge on any atom is -0.438 e. The van der Waals surface area contributed by atoms with E-state index in [1.165, 1.54) is 0 Å². The molecule has 0 saturated carbocycles. The molecule has 2 rings (SSSR count). The summed E-state index contributed by atoms with van der Waals surface area (Å²) in [5.74, 6) is 1.41. The minimum absolute atomic E-state index is 0.456.